The molecule has 2 N–H and O–H groups in total. The fourth-order valence-electron chi connectivity index (χ4n) is 1.55. The lowest BCUT2D eigenvalue weighted by Crippen LogP contribution is -2.17. The van der Waals surface area contributed by atoms with Crippen molar-refractivity contribution in [3.8, 4) is 0 Å². The van der Waals surface area contributed by atoms with Gasteiger partial charge in [-0.1, -0.05) is 33.6 Å². The van der Waals surface area contributed by atoms with E-state index in [2.05, 4.69) is 13.8 Å². The van der Waals surface area contributed by atoms with E-state index in [1.807, 2.05) is 13.8 Å². The van der Waals surface area contributed by atoms with Crippen molar-refractivity contribution < 1.29 is 14.6 Å². The Labute approximate surface area is 99.9 Å². The lowest BCUT2D eigenvalue weighted by Gasteiger charge is -2.14. The van der Waals surface area contributed by atoms with Crippen molar-refractivity contribution in [1.82, 2.24) is 0 Å². The van der Waals surface area contributed by atoms with Crippen LogP contribution in [0.3, 0.4) is 0 Å². The molecule has 100 valence electrons. The minimum Gasteiger partial charge on any atom is -0.393 e. The molecule has 0 saturated carbocycles. The summed E-state index contributed by atoms with van der Waals surface area (Å²) in [5.41, 5.74) is 0. The molecule has 0 aromatic carbocycles. The summed E-state index contributed by atoms with van der Waals surface area (Å²) in [4.78, 5) is 0. The summed E-state index contributed by atoms with van der Waals surface area (Å²) in [5, 5.41) is 17.8. The van der Waals surface area contributed by atoms with Crippen molar-refractivity contribution in [2.45, 2.75) is 66.1 Å². The van der Waals surface area contributed by atoms with Crippen LogP contribution in [0.2, 0.25) is 0 Å². The highest BCUT2D eigenvalue weighted by molar-refractivity contribution is 4.60. The standard InChI is InChI=1S/C7H16O.C6H13FO/c1-4-7(5-2)6(3)8;1-3-6(4-7)5(2)8/h6-8H,4-5H2,1-3H3;5-6,8H,3-4H2,1-2H3/t;5?,6-/m.1/s1. The van der Waals surface area contributed by atoms with E-state index in [0.29, 0.717) is 12.3 Å². The van der Waals surface area contributed by atoms with E-state index in [1.165, 1.54) is 0 Å². The van der Waals surface area contributed by atoms with Gasteiger partial charge in [0.15, 0.2) is 0 Å². The van der Waals surface area contributed by atoms with E-state index in [-0.39, 0.29) is 12.0 Å². The maximum absolute atomic E-state index is 11.7. The topological polar surface area (TPSA) is 40.5 Å². The van der Waals surface area contributed by atoms with Gasteiger partial charge in [-0.05, 0) is 26.2 Å². The molecule has 0 bridgehead atoms. The fraction of sp³-hybridized carbons (Fsp3) is 1.00. The molecule has 0 aromatic rings. The molecular formula is C13H29FO2. The largest absolute Gasteiger partial charge is 0.393 e. The van der Waals surface area contributed by atoms with Gasteiger partial charge in [0.05, 0.1) is 18.9 Å². The number of rotatable bonds is 6. The van der Waals surface area contributed by atoms with Crippen molar-refractivity contribution in [3.63, 3.8) is 0 Å². The number of halogens is 1. The summed E-state index contributed by atoms with van der Waals surface area (Å²) in [6.07, 6.45) is 2.28. The average Bonchev–Trinajstić information content (AvgIpc) is 2.21. The van der Waals surface area contributed by atoms with Gasteiger partial charge in [-0.15, -0.1) is 0 Å². The molecule has 2 nitrogen and oxygen atoms in total. The molecule has 0 heterocycles. The molecule has 16 heavy (non-hydrogen) atoms. The second-order valence-electron chi connectivity index (χ2n) is 4.38. The molecule has 0 fully saturated rings. The zero-order chi connectivity index (χ0) is 13.1. The lowest BCUT2D eigenvalue weighted by molar-refractivity contribution is 0.105. The first-order valence-corrected chi connectivity index (χ1v) is 6.36. The average molecular weight is 236 g/mol. The van der Waals surface area contributed by atoms with Crippen molar-refractivity contribution in [2.75, 3.05) is 6.67 Å². The summed E-state index contributed by atoms with van der Waals surface area (Å²) in [5.74, 6) is 0.352. The molecule has 0 amide bonds. The first-order chi connectivity index (χ1) is 7.44. The second kappa shape index (κ2) is 11.3. The maximum atomic E-state index is 11.7. The molecule has 0 radical (unpaired) electrons. The van der Waals surface area contributed by atoms with Gasteiger partial charge in [0.1, 0.15) is 0 Å². The molecule has 3 heteroatoms. The highest BCUT2D eigenvalue weighted by Gasteiger charge is 2.10. The molecule has 2 unspecified atom stereocenters. The van der Waals surface area contributed by atoms with E-state index in [0.717, 1.165) is 12.8 Å². The molecule has 0 saturated heterocycles. The number of hydrogen-bond donors (Lipinski definition) is 2. The van der Waals surface area contributed by atoms with Crippen molar-refractivity contribution in [1.29, 1.82) is 0 Å². The number of aliphatic hydroxyl groups is 2. The normalized spacial score (nSPS) is 16.3. The van der Waals surface area contributed by atoms with Gasteiger partial charge in [0.2, 0.25) is 0 Å². The summed E-state index contributed by atoms with van der Waals surface area (Å²) in [6.45, 7) is 9.17. The van der Waals surface area contributed by atoms with Gasteiger partial charge < -0.3 is 10.2 Å². The zero-order valence-corrected chi connectivity index (χ0v) is 11.4. The van der Waals surface area contributed by atoms with Crippen LogP contribution in [0.4, 0.5) is 4.39 Å². The first kappa shape index (κ1) is 18.2. The van der Waals surface area contributed by atoms with Crippen LogP contribution >= 0.6 is 0 Å². The quantitative estimate of drug-likeness (QED) is 0.743. The molecule has 0 spiro atoms. The van der Waals surface area contributed by atoms with Crippen LogP contribution in [0.25, 0.3) is 0 Å². The van der Waals surface area contributed by atoms with Crippen molar-refractivity contribution >= 4 is 0 Å². The Morgan fingerprint density at radius 3 is 1.12 bits per heavy atom. The Bertz CT molecular complexity index is 114. The van der Waals surface area contributed by atoms with E-state index in [1.54, 1.807) is 6.92 Å². The minimum absolute atomic E-state index is 0.120. The van der Waals surface area contributed by atoms with Crippen LogP contribution in [0.1, 0.15) is 53.9 Å². The number of alkyl halides is 1. The SMILES string of the molecule is CCC(CC)C(C)O.CC[C@H](CF)C(C)O. The van der Waals surface area contributed by atoms with Crippen LogP contribution in [0.5, 0.6) is 0 Å². The minimum atomic E-state index is -0.495. The Kier molecular flexibility index (Phi) is 12.9. The third-order valence-electron chi connectivity index (χ3n) is 3.14. The van der Waals surface area contributed by atoms with Gasteiger partial charge >= 0.3 is 0 Å². The summed E-state index contributed by atoms with van der Waals surface area (Å²) in [7, 11) is 0. The third-order valence-corrected chi connectivity index (χ3v) is 3.14. The molecule has 3 atom stereocenters. The molecule has 0 aromatic heterocycles. The van der Waals surface area contributed by atoms with Crippen LogP contribution < -0.4 is 0 Å². The van der Waals surface area contributed by atoms with Crippen LogP contribution in [0, 0.1) is 11.8 Å². The molecule has 0 aliphatic heterocycles. The second-order valence-corrected chi connectivity index (χ2v) is 4.38. The van der Waals surface area contributed by atoms with Crippen LogP contribution in [-0.4, -0.2) is 29.1 Å². The fourth-order valence-corrected chi connectivity index (χ4v) is 1.55. The predicted octanol–water partition coefficient (Wildman–Crippen LogP) is 3.17. The predicted molar refractivity (Wildman–Crippen MR) is 67.2 cm³/mol. The van der Waals surface area contributed by atoms with Crippen molar-refractivity contribution in [2.24, 2.45) is 11.8 Å². The van der Waals surface area contributed by atoms with E-state index in [4.69, 9.17) is 10.2 Å². The molecular weight excluding hydrogens is 207 g/mol. The number of aliphatic hydroxyl groups excluding tert-OH is 2. The van der Waals surface area contributed by atoms with Gasteiger partial charge in [-0.2, -0.15) is 0 Å². The summed E-state index contributed by atoms with van der Waals surface area (Å²) in [6, 6.07) is 0. The van der Waals surface area contributed by atoms with E-state index >= 15 is 0 Å². The zero-order valence-electron chi connectivity index (χ0n) is 11.4. The highest BCUT2D eigenvalue weighted by atomic mass is 19.1. The number of hydrogen-bond acceptors (Lipinski definition) is 2. The molecule has 0 aliphatic rings. The van der Waals surface area contributed by atoms with E-state index in [9.17, 15) is 4.39 Å². The van der Waals surface area contributed by atoms with Gasteiger partial charge in [-0.3, -0.25) is 4.39 Å². The highest BCUT2D eigenvalue weighted by Crippen LogP contribution is 2.11. The summed E-state index contributed by atoms with van der Waals surface area (Å²) >= 11 is 0. The van der Waals surface area contributed by atoms with Gasteiger partial charge in [0.25, 0.3) is 0 Å². The molecule has 0 rings (SSSR count). The monoisotopic (exact) mass is 236 g/mol. The van der Waals surface area contributed by atoms with Crippen LogP contribution in [0.15, 0.2) is 0 Å². The smallest absolute Gasteiger partial charge is 0.0947 e. The lowest BCUT2D eigenvalue weighted by atomic mass is 9.98. The van der Waals surface area contributed by atoms with Crippen molar-refractivity contribution in [3.05, 3.63) is 0 Å². The Morgan fingerprint density at radius 1 is 0.812 bits per heavy atom. The Balaban J connectivity index is 0. The third kappa shape index (κ3) is 9.10. The maximum Gasteiger partial charge on any atom is 0.0947 e. The Morgan fingerprint density at radius 2 is 1.12 bits per heavy atom. The first-order valence-electron chi connectivity index (χ1n) is 6.36. The van der Waals surface area contributed by atoms with E-state index < -0.39 is 12.8 Å². The Hall–Kier alpha value is -0.150. The van der Waals surface area contributed by atoms with Crippen LogP contribution in [-0.2, 0) is 0 Å². The molecule has 0 aliphatic carbocycles. The van der Waals surface area contributed by atoms with Gasteiger partial charge in [-0.25, -0.2) is 0 Å². The summed E-state index contributed by atoms with van der Waals surface area (Å²) < 4.78 is 11.7. The van der Waals surface area contributed by atoms with Gasteiger partial charge in [0, 0.05) is 5.92 Å².